The number of nitrogens with one attached hydrogen (secondary N) is 1. The van der Waals surface area contributed by atoms with Crippen molar-refractivity contribution < 1.29 is 4.79 Å². The number of nitrogens with two attached hydrogens (primary N) is 1. The van der Waals surface area contributed by atoms with E-state index < -0.39 is 5.41 Å². The maximum Gasteiger partial charge on any atom is 0.236 e. The molecule has 1 rings (SSSR count). The molecule has 0 bridgehead atoms. The van der Waals surface area contributed by atoms with Crippen LogP contribution in [-0.4, -0.2) is 10.9 Å². The molecule has 0 atom stereocenters. The van der Waals surface area contributed by atoms with E-state index in [0.29, 0.717) is 0 Å². The van der Waals surface area contributed by atoms with Crippen LogP contribution in [0.2, 0.25) is 0 Å². The second kappa shape index (κ2) is 5.48. The molecule has 0 fully saturated rings. The summed E-state index contributed by atoms with van der Waals surface area (Å²) in [5.41, 5.74) is 7.97. The molecule has 4 heteroatoms. The van der Waals surface area contributed by atoms with Gasteiger partial charge in [-0.25, -0.2) is 0 Å². The number of amides is 1. The van der Waals surface area contributed by atoms with E-state index in [0.717, 1.165) is 12.1 Å². The Balaban J connectivity index is 2.92. The van der Waals surface area contributed by atoms with Crippen molar-refractivity contribution in [2.75, 3.05) is 5.32 Å². The lowest BCUT2D eigenvalue weighted by Crippen LogP contribution is -2.41. The first kappa shape index (κ1) is 14.6. The molecule has 1 aromatic carbocycles. The Morgan fingerprint density at radius 3 is 2.56 bits per heavy atom. The van der Waals surface area contributed by atoms with E-state index in [9.17, 15) is 4.79 Å². The van der Waals surface area contributed by atoms with Crippen LogP contribution in [0, 0.1) is 12.3 Å². The van der Waals surface area contributed by atoms with Crippen molar-refractivity contribution in [2.45, 2.75) is 34.1 Å². The number of hydrogen-bond acceptors (Lipinski definition) is 2. The summed E-state index contributed by atoms with van der Waals surface area (Å²) in [6.45, 7) is 7.59. The van der Waals surface area contributed by atoms with Gasteiger partial charge in [-0.2, -0.15) is 0 Å². The zero-order chi connectivity index (χ0) is 13.9. The zero-order valence-electron chi connectivity index (χ0n) is 11.3. The van der Waals surface area contributed by atoms with Crippen LogP contribution in [0.15, 0.2) is 18.2 Å². The molecule has 0 heterocycles. The Bertz CT molecular complexity index is 481. The highest BCUT2D eigenvalue weighted by atomic mass is 32.1. The minimum Gasteiger partial charge on any atom is -0.392 e. The molecule has 0 radical (unpaired) electrons. The van der Waals surface area contributed by atoms with Gasteiger partial charge in [0.25, 0.3) is 0 Å². The lowest BCUT2D eigenvalue weighted by atomic mass is 9.92. The molecule has 0 aliphatic carbocycles. The van der Waals surface area contributed by atoms with Gasteiger partial charge in [-0.15, -0.1) is 0 Å². The fourth-order valence-electron chi connectivity index (χ4n) is 1.53. The SMILES string of the molecule is CCc1cc(NC(=O)C(C)(C)C(N)=S)ccc1C. The molecule has 0 aromatic heterocycles. The Labute approximate surface area is 114 Å². The molecule has 0 saturated carbocycles. The van der Waals surface area contributed by atoms with Gasteiger partial charge >= 0.3 is 0 Å². The lowest BCUT2D eigenvalue weighted by molar-refractivity contribution is -0.121. The third kappa shape index (κ3) is 3.07. The predicted molar refractivity (Wildman–Crippen MR) is 79.8 cm³/mol. The summed E-state index contributed by atoms with van der Waals surface area (Å²) in [5.74, 6) is -0.180. The summed E-state index contributed by atoms with van der Waals surface area (Å²) in [6.07, 6.45) is 0.939. The first-order valence-electron chi connectivity index (χ1n) is 6.00. The number of thiocarbonyl (C=S) groups is 1. The minimum absolute atomic E-state index is 0.180. The maximum absolute atomic E-state index is 12.1. The second-order valence-electron chi connectivity index (χ2n) is 4.94. The van der Waals surface area contributed by atoms with Crippen molar-refractivity contribution in [1.82, 2.24) is 0 Å². The van der Waals surface area contributed by atoms with Crippen LogP contribution in [-0.2, 0) is 11.2 Å². The Kier molecular flexibility index (Phi) is 4.46. The summed E-state index contributed by atoms with van der Waals surface area (Å²) in [4.78, 5) is 12.3. The van der Waals surface area contributed by atoms with E-state index in [-0.39, 0.29) is 10.9 Å². The topological polar surface area (TPSA) is 55.1 Å². The van der Waals surface area contributed by atoms with Crippen molar-refractivity contribution in [3.05, 3.63) is 29.3 Å². The predicted octanol–water partition coefficient (Wildman–Crippen LogP) is 2.81. The number of carbonyl (C=O) groups excluding carboxylic acids is 1. The van der Waals surface area contributed by atoms with Crippen LogP contribution in [0.5, 0.6) is 0 Å². The molecule has 0 aliphatic heterocycles. The van der Waals surface area contributed by atoms with E-state index in [4.69, 9.17) is 18.0 Å². The summed E-state index contributed by atoms with van der Waals surface area (Å²) < 4.78 is 0. The number of anilines is 1. The van der Waals surface area contributed by atoms with Crippen molar-refractivity contribution in [2.24, 2.45) is 11.1 Å². The molecular formula is C14H20N2OS. The van der Waals surface area contributed by atoms with E-state index in [1.807, 2.05) is 18.2 Å². The summed E-state index contributed by atoms with van der Waals surface area (Å²) >= 11 is 4.91. The number of benzene rings is 1. The third-order valence-electron chi connectivity index (χ3n) is 3.17. The van der Waals surface area contributed by atoms with Gasteiger partial charge in [0.2, 0.25) is 5.91 Å². The smallest absolute Gasteiger partial charge is 0.236 e. The molecule has 98 valence electrons. The van der Waals surface area contributed by atoms with Crippen molar-refractivity contribution in [3.63, 3.8) is 0 Å². The van der Waals surface area contributed by atoms with Gasteiger partial charge in [0.1, 0.15) is 0 Å². The highest BCUT2D eigenvalue weighted by molar-refractivity contribution is 7.80. The molecule has 0 saturated heterocycles. The van der Waals surface area contributed by atoms with Crippen LogP contribution in [0.25, 0.3) is 0 Å². The van der Waals surface area contributed by atoms with Crippen LogP contribution in [0.3, 0.4) is 0 Å². The zero-order valence-corrected chi connectivity index (χ0v) is 12.1. The van der Waals surface area contributed by atoms with Gasteiger partial charge in [-0.1, -0.05) is 25.2 Å². The largest absolute Gasteiger partial charge is 0.392 e. The third-order valence-corrected chi connectivity index (χ3v) is 3.68. The highest BCUT2D eigenvalue weighted by Crippen LogP contribution is 2.21. The first-order valence-corrected chi connectivity index (χ1v) is 6.40. The van der Waals surface area contributed by atoms with E-state index in [1.54, 1.807) is 13.8 Å². The average molecular weight is 264 g/mol. The van der Waals surface area contributed by atoms with Crippen LogP contribution < -0.4 is 11.1 Å². The number of hydrogen-bond donors (Lipinski definition) is 2. The second-order valence-corrected chi connectivity index (χ2v) is 5.38. The number of rotatable bonds is 4. The highest BCUT2D eigenvalue weighted by Gasteiger charge is 2.30. The van der Waals surface area contributed by atoms with Gasteiger partial charge in [0.05, 0.1) is 10.4 Å². The monoisotopic (exact) mass is 264 g/mol. The van der Waals surface area contributed by atoms with Crippen LogP contribution in [0.1, 0.15) is 31.9 Å². The fourth-order valence-corrected chi connectivity index (χ4v) is 1.62. The summed E-state index contributed by atoms with van der Waals surface area (Å²) in [6, 6.07) is 5.88. The average Bonchev–Trinajstić information content (AvgIpc) is 2.31. The van der Waals surface area contributed by atoms with Crippen LogP contribution >= 0.6 is 12.2 Å². The molecule has 3 nitrogen and oxygen atoms in total. The number of aryl methyl sites for hydroxylation is 2. The van der Waals surface area contributed by atoms with Gasteiger partial charge in [-0.05, 0) is 50.5 Å². The summed E-state index contributed by atoms with van der Waals surface area (Å²) in [5, 5.41) is 2.86. The molecule has 18 heavy (non-hydrogen) atoms. The van der Waals surface area contributed by atoms with Crippen LogP contribution in [0.4, 0.5) is 5.69 Å². The number of carbonyl (C=O) groups is 1. The maximum atomic E-state index is 12.1. The Morgan fingerprint density at radius 1 is 1.44 bits per heavy atom. The van der Waals surface area contributed by atoms with Crippen molar-refractivity contribution in [3.8, 4) is 0 Å². The quantitative estimate of drug-likeness (QED) is 0.822. The summed E-state index contributed by atoms with van der Waals surface area (Å²) in [7, 11) is 0. The standard InChI is InChI=1S/C14H20N2OS/c1-5-10-8-11(7-6-9(10)2)16-13(17)14(3,4)12(15)18/h6-8H,5H2,1-4H3,(H2,15,18)(H,16,17). The molecule has 1 aromatic rings. The van der Waals surface area contributed by atoms with E-state index >= 15 is 0 Å². The molecule has 0 spiro atoms. The first-order chi connectivity index (χ1) is 8.28. The van der Waals surface area contributed by atoms with E-state index in [1.165, 1.54) is 11.1 Å². The van der Waals surface area contributed by atoms with Crippen molar-refractivity contribution in [1.29, 1.82) is 0 Å². The Hall–Kier alpha value is -1.42. The van der Waals surface area contributed by atoms with Crippen molar-refractivity contribution >= 4 is 28.8 Å². The lowest BCUT2D eigenvalue weighted by Gasteiger charge is -2.22. The minimum atomic E-state index is -0.841. The molecule has 0 aliphatic rings. The molecule has 0 unspecified atom stereocenters. The fraction of sp³-hybridized carbons (Fsp3) is 0.429. The normalized spacial score (nSPS) is 11.1. The molecule has 3 N–H and O–H groups in total. The van der Waals surface area contributed by atoms with Gasteiger partial charge in [0, 0.05) is 5.69 Å². The van der Waals surface area contributed by atoms with Gasteiger partial charge < -0.3 is 11.1 Å². The Morgan fingerprint density at radius 2 is 2.06 bits per heavy atom. The molecule has 1 amide bonds. The van der Waals surface area contributed by atoms with Gasteiger partial charge in [-0.3, -0.25) is 4.79 Å². The molecular weight excluding hydrogens is 244 g/mol. The van der Waals surface area contributed by atoms with Gasteiger partial charge in [0.15, 0.2) is 0 Å². The van der Waals surface area contributed by atoms with E-state index in [2.05, 4.69) is 19.2 Å².